The van der Waals surface area contributed by atoms with E-state index in [4.69, 9.17) is 11.5 Å². The SMILES string of the molecule is CCCCCCCCC=CCCCCCCCCN(CCCCCCCCC=CCCCCCCCC)CCC(=O)NCCN(CCC(=O)NCCN)CCC(=O)NCCN. The molecule has 0 unspecified atom stereocenters. The van der Waals surface area contributed by atoms with Gasteiger partial charge in [0.15, 0.2) is 0 Å². The van der Waals surface area contributed by atoms with E-state index < -0.39 is 0 Å². The van der Waals surface area contributed by atoms with Crippen LogP contribution in [0, 0.1) is 0 Å². The normalized spacial score (nSPS) is 11.8. The molecule has 0 radical (unpaired) electrons. The largest absolute Gasteiger partial charge is 0.355 e. The summed E-state index contributed by atoms with van der Waals surface area (Å²) >= 11 is 0. The molecule has 0 aromatic heterocycles. The van der Waals surface area contributed by atoms with Crippen LogP contribution in [-0.4, -0.2) is 99.5 Å². The Labute approximate surface area is 377 Å². The van der Waals surface area contributed by atoms with Gasteiger partial charge in [0, 0.05) is 78.2 Å². The van der Waals surface area contributed by atoms with Crippen LogP contribution in [0.5, 0.6) is 0 Å². The fourth-order valence-electron chi connectivity index (χ4n) is 7.66. The predicted molar refractivity (Wildman–Crippen MR) is 263 cm³/mol. The van der Waals surface area contributed by atoms with E-state index in [-0.39, 0.29) is 17.7 Å². The molecular formula is C51H101N7O3. The number of carbonyl (C=O) groups is 3. The molecule has 10 heteroatoms. The minimum atomic E-state index is -0.0595. The van der Waals surface area contributed by atoms with Crippen molar-refractivity contribution in [2.45, 2.75) is 213 Å². The van der Waals surface area contributed by atoms with Gasteiger partial charge in [0.25, 0.3) is 0 Å². The lowest BCUT2D eigenvalue weighted by Gasteiger charge is -2.23. The first kappa shape index (κ1) is 58.7. The zero-order chi connectivity index (χ0) is 44.5. The van der Waals surface area contributed by atoms with Crippen molar-refractivity contribution in [2.75, 3.05) is 72.0 Å². The van der Waals surface area contributed by atoms with E-state index in [1.165, 1.54) is 180 Å². The van der Waals surface area contributed by atoms with Crippen LogP contribution in [0.4, 0.5) is 0 Å². The van der Waals surface area contributed by atoms with E-state index in [1.807, 2.05) is 0 Å². The minimum Gasteiger partial charge on any atom is -0.355 e. The Balaban J connectivity index is 4.64. The summed E-state index contributed by atoms with van der Waals surface area (Å²) in [4.78, 5) is 42.0. The highest BCUT2D eigenvalue weighted by molar-refractivity contribution is 5.77. The quantitative estimate of drug-likeness (QED) is 0.0303. The number of rotatable bonds is 48. The van der Waals surface area contributed by atoms with Crippen molar-refractivity contribution in [1.82, 2.24) is 25.8 Å². The van der Waals surface area contributed by atoms with Crippen LogP contribution >= 0.6 is 0 Å². The monoisotopic (exact) mass is 860 g/mol. The van der Waals surface area contributed by atoms with Crippen LogP contribution in [0.1, 0.15) is 213 Å². The highest BCUT2D eigenvalue weighted by atomic mass is 16.2. The van der Waals surface area contributed by atoms with Gasteiger partial charge in [-0.3, -0.25) is 14.4 Å². The average Bonchev–Trinajstić information content (AvgIpc) is 3.26. The average molecular weight is 860 g/mol. The zero-order valence-corrected chi connectivity index (χ0v) is 40.3. The number of hydrogen-bond acceptors (Lipinski definition) is 7. The van der Waals surface area contributed by atoms with E-state index >= 15 is 0 Å². The molecule has 10 nitrogen and oxygen atoms in total. The van der Waals surface area contributed by atoms with Gasteiger partial charge in [-0.25, -0.2) is 0 Å². The van der Waals surface area contributed by atoms with Gasteiger partial charge in [-0.15, -0.1) is 0 Å². The minimum absolute atomic E-state index is 0.0595. The summed E-state index contributed by atoms with van der Waals surface area (Å²) in [6, 6.07) is 0. The second-order valence-electron chi connectivity index (χ2n) is 17.4. The molecular weight excluding hydrogens is 759 g/mol. The lowest BCUT2D eigenvalue weighted by Crippen LogP contribution is -2.40. The van der Waals surface area contributed by atoms with Gasteiger partial charge >= 0.3 is 0 Å². The number of amides is 3. The van der Waals surface area contributed by atoms with Crippen molar-refractivity contribution in [3.05, 3.63) is 24.3 Å². The molecule has 0 bridgehead atoms. The number of unbranched alkanes of at least 4 members (excludes halogenated alkanes) is 24. The highest BCUT2D eigenvalue weighted by Crippen LogP contribution is 2.13. The number of carbonyl (C=O) groups excluding carboxylic acids is 3. The maximum atomic E-state index is 13.0. The van der Waals surface area contributed by atoms with E-state index in [0.717, 1.165) is 19.6 Å². The van der Waals surface area contributed by atoms with Crippen LogP contribution in [0.3, 0.4) is 0 Å². The fourth-order valence-corrected chi connectivity index (χ4v) is 7.66. The third-order valence-corrected chi connectivity index (χ3v) is 11.6. The van der Waals surface area contributed by atoms with E-state index in [0.29, 0.717) is 71.6 Å². The molecule has 0 saturated carbocycles. The molecule has 0 aliphatic heterocycles. The highest BCUT2D eigenvalue weighted by Gasteiger charge is 2.13. The second-order valence-corrected chi connectivity index (χ2v) is 17.4. The Hall–Kier alpha value is -2.27. The summed E-state index contributed by atoms with van der Waals surface area (Å²) in [5.41, 5.74) is 11.0. The molecule has 61 heavy (non-hydrogen) atoms. The molecule has 0 heterocycles. The first-order valence-corrected chi connectivity index (χ1v) is 25.9. The third-order valence-electron chi connectivity index (χ3n) is 11.6. The van der Waals surface area contributed by atoms with Crippen molar-refractivity contribution in [1.29, 1.82) is 0 Å². The van der Waals surface area contributed by atoms with Crippen LogP contribution in [0.15, 0.2) is 24.3 Å². The van der Waals surface area contributed by atoms with Gasteiger partial charge in [-0.1, -0.05) is 154 Å². The Bertz CT molecular complexity index is 958. The van der Waals surface area contributed by atoms with Gasteiger partial charge in [0.2, 0.25) is 17.7 Å². The molecule has 0 aromatic rings. The third kappa shape index (κ3) is 45.6. The van der Waals surface area contributed by atoms with Gasteiger partial charge in [-0.05, 0) is 77.3 Å². The smallest absolute Gasteiger partial charge is 0.221 e. The Morgan fingerprint density at radius 3 is 0.967 bits per heavy atom. The van der Waals surface area contributed by atoms with Crippen LogP contribution < -0.4 is 27.4 Å². The summed E-state index contributed by atoms with van der Waals surface area (Å²) < 4.78 is 0. The maximum Gasteiger partial charge on any atom is 0.221 e. The number of nitrogens with zero attached hydrogens (tertiary/aromatic N) is 2. The number of nitrogens with two attached hydrogens (primary N) is 2. The van der Waals surface area contributed by atoms with E-state index in [9.17, 15) is 14.4 Å². The number of nitrogens with one attached hydrogen (secondary N) is 3. The summed E-state index contributed by atoms with van der Waals surface area (Å²) in [5, 5.41) is 8.72. The van der Waals surface area contributed by atoms with Gasteiger partial charge in [0.1, 0.15) is 0 Å². The van der Waals surface area contributed by atoms with Gasteiger partial charge in [0.05, 0.1) is 0 Å². The summed E-state index contributed by atoms with van der Waals surface area (Å²) in [5.74, 6) is -0.0558. The number of allylic oxidation sites excluding steroid dienone is 4. The van der Waals surface area contributed by atoms with E-state index in [1.54, 1.807) is 0 Å². The van der Waals surface area contributed by atoms with Crippen LogP contribution in [0.2, 0.25) is 0 Å². The predicted octanol–water partition coefficient (Wildman–Crippen LogP) is 10.1. The number of hydrogen-bond donors (Lipinski definition) is 5. The molecule has 0 rings (SSSR count). The lowest BCUT2D eigenvalue weighted by atomic mass is 10.1. The molecule has 0 fully saturated rings. The zero-order valence-electron chi connectivity index (χ0n) is 40.3. The molecule has 0 spiro atoms. The molecule has 7 N–H and O–H groups in total. The standard InChI is InChI=1S/C51H101N7O3/c1-3-5-7-9-11-13-15-17-19-21-23-25-27-29-31-33-43-57(44-34-32-30-28-26-24-22-20-18-16-14-12-10-8-6-4-2)45-35-51(61)56-42-48-58(46-36-49(59)54-40-38-52)47-37-50(60)55-41-39-53/h17-20H,3-16,21-48,52-53H2,1-2H3,(H,54,59)(H,55,60)(H,56,61). The molecule has 0 atom stereocenters. The first-order chi connectivity index (χ1) is 30.0. The molecule has 0 saturated heterocycles. The Morgan fingerprint density at radius 1 is 0.361 bits per heavy atom. The molecule has 0 aliphatic carbocycles. The molecule has 0 aromatic carbocycles. The molecule has 3 amide bonds. The van der Waals surface area contributed by atoms with E-state index in [2.05, 4.69) is 63.9 Å². The lowest BCUT2D eigenvalue weighted by molar-refractivity contribution is -0.123. The van der Waals surface area contributed by atoms with Crippen molar-refractivity contribution >= 4 is 17.7 Å². The van der Waals surface area contributed by atoms with Crippen molar-refractivity contribution in [3.63, 3.8) is 0 Å². The Kier molecular flexibility index (Phi) is 46.9. The summed E-state index contributed by atoms with van der Waals surface area (Å²) in [7, 11) is 0. The van der Waals surface area contributed by atoms with Gasteiger partial charge < -0.3 is 37.2 Å². The summed E-state index contributed by atoms with van der Waals surface area (Å²) in [6.07, 6.45) is 47.5. The van der Waals surface area contributed by atoms with Crippen LogP contribution in [-0.2, 0) is 14.4 Å². The van der Waals surface area contributed by atoms with Crippen molar-refractivity contribution < 1.29 is 14.4 Å². The first-order valence-electron chi connectivity index (χ1n) is 25.9. The fraction of sp³-hybridized carbons (Fsp3) is 0.863. The van der Waals surface area contributed by atoms with Gasteiger partial charge in [-0.2, -0.15) is 0 Å². The topological polar surface area (TPSA) is 146 Å². The van der Waals surface area contributed by atoms with Crippen molar-refractivity contribution in [3.8, 4) is 0 Å². The van der Waals surface area contributed by atoms with Crippen LogP contribution in [0.25, 0.3) is 0 Å². The summed E-state index contributed by atoms with van der Waals surface area (Å²) in [6.45, 7) is 11.2. The Morgan fingerprint density at radius 2 is 0.639 bits per heavy atom. The maximum absolute atomic E-state index is 13.0. The van der Waals surface area contributed by atoms with Crippen molar-refractivity contribution in [2.24, 2.45) is 11.5 Å². The molecule has 358 valence electrons. The molecule has 0 aliphatic rings. The second kappa shape index (κ2) is 48.8.